The number of benzene rings is 1. The van der Waals surface area contributed by atoms with Crippen molar-refractivity contribution < 1.29 is 14.6 Å². The third kappa shape index (κ3) is 3.81. The average molecular weight is 296 g/mol. The van der Waals surface area contributed by atoms with E-state index in [0.29, 0.717) is 22.9 Å². The fraction of sp³-hybridized carbons (Fsp3) is 0.0769. The van der Waals surface area contributed by atoms with Gasteiger partial charge < -0.3 is 9.84 Å². The molecule has 0 fully saturated rings. The molecule has 2 rings (SSSR count). The highest BCUT2D eigenvalue weighted by atomic mass is 35.5. The molecule has 0 radical (unpaired) electrons. The number of carboxylic acids is 1. The van der Waals surface area contributed by atoms with Crippen molar-refractivity contribution in [3.8, 4) is 5.75 Å². The lowest BCUT2D eigenvalue weighted by molar-refractivity contribution is -0.131. The minimum absolute atomic E-state index is 0.374. The highest BCUT2D eigenvalue weighted by Gasteiger charge is 2.06. The first-order valence-electron chi connectivity index (χ1n) is 5.36. The highest BCUT2D eigenvalue weighted by molar-refractivity contribution is 7.09. The van der Waals surface area contributed by atoms with Gasteiger partial charge in [0.1, 0.15) is 12.4 Å². The lowest BCUT2D eigenvalue weighted by Crippen LogP contribution is -1.96. The second-order valence-corrected chi connectivity index (χ2v) is 4.96. The number of nitrogens with zero attached hydrogens (tertiary/aromatic N) is 1. The third-order valence-corrected chi connectivity index (χ3v) is 3.34. The van der Waals surface area contributed by atoms with Crippen LogP contribution in [-0.4, -0.2) is 16.1 Å². The summed E-state index contributed by atoms with van der Waals surface area (Å²) >= 11 is 7.53. The number of aliphatic carboxylic acids is 1. The molecule has 6 heteroatoms. The first-order valence-corrected chi connectivity index (χ1v) is 6.62. The molecule has 0 aliphatic heterocycles. The molecule has 19 heavy (non-hydrogen) atoms. The number of hydrogen-bond acceptors (Lipinski definition) is 4. The van der Waals surface area contributed by atoms with E-state index in [9.17, 15) is 4.79 Å². The number of ether oxygens (including phenoxy) is 1. The van der Waals surface area contributed by atoms with Gasteiger partial charge in [-0.1, -0.05) is 17.7 Å². The van der Waals surface area contributed by atoms with Crippen molar-refractivity contribution in [2.75, 3.05) is 0 Å². The summed E-state index contributed by atoms with van der Waals surface area (Å²) in [5.74, 6) is -0.494. The van der Waals surface area contributed by atoms with Gasteiger partial charge in [0.15, 0.2) is 0 Å². The highest BCUT2D eigenvalue weighted by Crippen LogP contribution is 2.28. The van der Waals surface area contributed by atoms with Crippen molar-refractivity contribution in [1.82, 2.24) is 4.98 Å². The Kier molecular flexibility index (Phi) is 4.54. The Morgan fingerprint density at radius 1 is 1.53 bits per heavy atom. The van der Waals surface area contributed by atoms with Crippen molar-refractivity contribution in [3.63, 3.8) is 0 Å². The molecule has 1 N–H and O–H groups in total. The summed E-state index contributed by atoms with van der Waals surface area (Å²) in [5.41, 5.74) is 2.28. The van der Waals surface area contributed by atoms with Crippen LogP contribution in [0.4, 0.5) is 0 Å². The normalized spacial score (nSPS) is 10.8. The Balaban J connectivity index is 2.19. The molecular formula is C13H10ClNO3S. The van der Waals surface area contributed by atoms with E-state index in [0.717, 1.165) is 11.0 Å². The SMILES string of the molecule is O=C(O)/C=C/c1c(Cl)cccc1OCc1cncs1. The van der Waals surface area contributed by atoms with Gasteiger partial charge >= 0.3 is 5.97 Å². The number of carbonyl (C=O) groups is 1. The van der Waals surface area contributed by atoms with Gasteiger partial charge in [-0.2, -0.15) is 0 Å². The molecule has 0 saturated heterocycles. The van der Waals surface area contributed by atoms with Crippen LogP contribution in [0.2, 0.25) is 5.02 Å². The van der Waals surface area contributed by atoms with Crippen molar-refractivity contribution in [2.45, 2.75) is 6.61 Å². The number of aromatic nitrogens is 1. The van der Waals surface area contributed by atoms with E-state index in [2.05, 4.69) is 4.98 Å². The van der Waals surface area contributed by atoms with E-state index in [1.54, 1.807) is 29.9 Å². The largest absolute Gasteiger partial charge is 0.487 e. The fourth-order valence-electron chi connectivity index (χ4n) is 1.42. The van der Waals surface area contributed by atoms with E-state index >= 15 is 0 Å². The van der Waals surface area contributed by atoms with E-state index in [-0.39, 0.29) is 0 Å². The van der Waals surface area contributed by atoms with Crippen LogP contribution in [0.15, 0.2) is 36.0 Å². The van der Waals surface area contributed by atoms with Gasteiger partial charge in [-0.05, 0) is 18.2 Å². The Morgan fingerprint density at radius 2 is 2.37 bits per heavy atom. The van der Waals surface area contributed by atoms with E-state index in [4.69, 9.17) is 21.4 Å². The molecular weight excluding hydrogens is 286 g/mol. The summed E-state index contributed by atoms with van der Waals surface area (Å²) in [7, 11) is 0. The lowest BCUT2D eigenvalue weighted by atomic mass is 10.2. The van der Waals surface area contributed by atoms with Crippen molar-refractivity contribution >= 4 is 35.0 Å². The standard InChI is InChI=1S/C13H10ClNO3S/c14-11-2-1-3-12(10(11)4-5-13(16)17)18-7-9-6-15-8-19-9/h1-6,8H,7H2,(H,16,17)/b5-4+. The molecule has 0 atom stereocenters. The fourth-order valence-corrected chi connectivity index (χ4v) is 2.16. The smallest absolute Gasteiger partial charge is 0.328 e. The molecule has 0 aliphatic rings. The van der Waals surface area contributed by atoms with Gasteiger partial charge in [-0.25, -0.2) is 4.79 Å². The van der Waals surface area contributed by atoms with Gasteiger partial charge in [0.2, 0.25) is 0 Å². The van der Waals surface area contributed by atoms with Crippen molar-refractivity contribution in [3.05, 3.63) is 51.4 Å². The summed E-state index contributed by atoms with van der Waals surface area (Å²) in [4.78, 5) is 15.5. The van der Waals surface area contributed by atoms with Gasteiger partial charge in [0, 0.05) is 17.8 Å². The third-order valence-electron chi connectivity index (χ3n) is 2.26. The first kappa shape index (κ1) is 13.6. The number of thiazole rings is 1. The van der Waals surface area contributed by atoms with Gasteiger partial charge in [-0.15, -0.1) is 11.3 Å². The molecule has 0 spiro atoms. The molecule has 0 bridgehead atoms. The van der Waals surface area contributed by atoms with Crippen LogP contribution >= 0.6 is 22.9 Å². The Morgan fingerprint density at radius 3 is 3.05 bits per heavy atom. The minimum atomic E-state index is -1.03. The predicted octanol–water partition coefficient (Wildman–Crippen LogP) is 3.47. The number of rotatable bonds is 5. The van der Waals surface area contributed by atoms with Crippen LogP contribution in [-0.2, 0) is 11.4 Å². The minimum Gasteiger partial charge on any atom is -0.487 e. The Bertz CT molecular complexity index is 596. The second-order valence-electron chi connectivity index (χ2n) is 3.58. The molecule has 4 nitrogen and oxygen atoms in total. The molecule has 1 aromatic carbocycles. The summed E-state index contributed by atoms with van der Waals surface area (Å²) in [6.45, 7) is 0.374. The summed E-state index contributed by atoms with van der Waals surface area (Å²) < 4.78 is 5.64. The van der Waals surface area contributed by atoms with Crippen LogP contribution in [0.3, 0.4) is 0 Å². The average Bonchev–Trinajstić information content (AvgIpc) is 2.88. The molecule has 0 saturated carbocycles. The van der Waals surface area contributed by atoms with Gasteiger partial charge in [0.05, 0.1) is 15.4 Å². The van der Waals surface area contributed by atoms with E-state index in [1.165, 1.54) is 17.4 Å². The van der Waals surface area contributed by atoms with Gasteiger partial charge in [-0.3, -0.25) is 4.98 Å². The van der Waals surface area contributed by atoms with Crippen molar-refractivity contribution in [2.24, 2.45) is 0 Å². The zero-order valence-electron chi connectivity index (χ0n) is 9.75. The van der Waals surface area contributed by atoms with Crippen LogP contribution in [0.25, 0.3) is 6.08 Å². The second kappa shape index (κ2) is 6.36. The number of hydrogen-bond donors (Lipinski definition) is 1. The zero-order valence-corrected chi connectivity index (χ0v) is 11.3. The summed E-state index contributed by atoms with van der Waals surface area (Å²) in [6.07, 6.45) is 4.18. The molecule has 0 aliphatic carbocycles. The number of halogens is 1. The van der Waals surface area contributed by atoms with E-state index < -0.39 is 5.97 Å². The van der Waals surface area contributed by atoms with Crippen LogP contribution in [0, 0.1) is 0 Å². The number of carboxylic acid groups (broad SMARTS) is 1. The monoisotopic (exact) mass is 295 g/mol. The quantitative estimate of drug-likeness (QED) is 0.858. The molecule has 0 amide bonds. The molecule has 1 aromatic heterocycles. The maximum Gasteiger partial charge on any atom is 0.328 e. The lowest BCUT2D eigenvalue weighted by Gasteiger charge is -2.09. The summed E-state index contributed by atoms with van der Waals surface area (Å²) in [5, 5.41) is 9.10. The molecule has 98 valence electrons. The molecule has 0 unspecified atom stereocenters. The maximum atomic E-state index is 10.6. The van der Waals surface area contributed by atoms with Crippen LogP contribution in [0.5, 0.6) is 5.75 Å². The van der Waals surface area contributed by atoms with Crippen LogP contribution in [0.1, 0.15) is 10.4 Å². The summed E-state index contributed by atoms with van der Waals surface area (Å²) in [6, 6.07) is 5.18. The van der Waals surface area contributed by atoms with E-state index in [1.807, 2.05) is 0 Å². The maximum absolute atomic E-state index is 10.6. The van der Waals surface area contributed by atoms with Crippen molar-refractivity contribution in [1.29, 1.82) is 0 Å². The predicted molar refractivity (Wildman–Crippen MR) is 74.6 cm³/mol. The zero-order chi connectivity index (χ0) is 13.7. The first-order chi connectivity index (χ1) is 9.16. The van der Waals surface area contributed by atoms with Gasteiger partial charge in [0.25, 0.3) is 0 Å². The van der Waals surface area contributed by atoms with Crippen LogP contribution < -0.4 is 4.74 Å². The molecule has 2 aromatic rings. The Labute approximate surface area is 118 Å². The Hall–Kier alpha value is -1.85. The topological polar surface area (TPSA) is 59.4 Å². The molecule has 1 heterocycles.